The average Bonchev–Trinajstić information content (AvgIpc) is 2.16. The molecule has 0 amide bonds. The molecule has 1 heterocycles. The normalized spacial score (nSPS) is 12.6. The van der Waals surface area contributed by atoms with Gasteiger partial charge in [-0.3, -0.25) is 0 Å². The summed E-state index contributed by atoms with van der Waals surface area (Å²) in [6, 6.07) is 5.91. The van der Waals surface area contributed by atoms with Gasteiger partial charge in [0.15, 0.2) is 18.9 Å². The van der Waals surface area contributed by atoms with Crippen LogP contribution in [0.5, 0.6) is 0 Å². The molecule has 0 saturated carbocycles. The molecule has 0 aliphatic heterocycles. The minimum Gasteiger partial charge on any atom is -0.222 e. The van der Waals surface area contributed by atoms with Gasteiger partial charge < -0.3 is 0 Å². The highest BCUT2D eigenvalue weighted by Gasteiger charge is 2.07. The van der Waals surface area contributed by atoms with Crippen molar-refractivity contribution in [1.82, 2.24) is 0 Å². The number of halogens is 3. The first-order valence-electron chi connectivity index (χ1n) is 4.09. The molecular weight excluding hydrogens is 280 g/mol. The molecule has 0 aromatic carbocycles. The molecule has 0 spiro atoms. The Morgan fingerprint density at radius 1 is 1.06 bits per heavy atom. The van der Waals surface area contributed by atoms with Crippen molar-refractivity contribution in [3.05, 3.63) is 30.6 Å². The van der Waals surface area contributed by atoms with Gasteiger partial charge in [0.25, 0.3) is 0 Å². The predicted octanol–water partition coefficient (Wildman–Crippen LogP) is -2.94. The first kappa shape index (κ1) is 15.9. The van der Waals surface area contributed by atoms with Gasteiger partial charge in [-0.2, -0.15) is 0 Å². The third-order valence-electron chi connectivity index (χ3n) is 1.35. The fourth-order valence-electron chi connectivity index (χ4n) is 0.834. The van der Waals surface area contributed by atoms with Crippen molar-refractivity contribution >= 4 is 23.2 Å². The van der Waals surface area contributed by atoms with Crippen LogP contribution in [0.3, 0.4) is 0 Å². The second kappa shape index (κ2) is 8.03. The summed E-state index contributed by atoms with van der Waals surface area (Å²) in [6.07, 6.45) is 3.95. The van der Waals surface area contributed by atoms with Crippen molar-refractivity contribution in [2.45, 2.75) is 11.9 Å². The second-order valence-electron chi connectivity index (χ2n) is 2.70. The molecule has 0 fully saturated rings. The molecule has 0 radical (unpaired) electrons. The number of hydrogen-bond donors (Lipinski definition) is 0. The Labute approximate surface area is 105 Å². The Balaban J connectivity index is 0.000000385. The van der Waals surface area contributed by atoms with Crippen molar-refractivity contribution < 1.29 is 33.4 Å². The highest BCUT2D eigenvalue weighted by molar-refractivity contribution is 6.27. The van der Waals surface area contributed by atoms with Gasteiger partial charge in [-0.05, 0) is 0 Å². The summed E-state index contributed by atoms with van der Waals surface area (Å²) >= 11 is 11.4. The van der Waals surface area contributed by atoms with Crippen LogP contribution < -0.4 is 23.2 Å². The summed E-state index contributed by atoms with van der Waals surface area (Å²) in [5.74, 6) is 0.490. The summed E-state index contributed by atoms with van der Waals surface area (Å²) in [6.45, 7) is 0.770. The molecule has 1 rings (SSSR count). The molecule has 1 aromatic heterocycles. The van der Waals surface area contributed by atoms with E-state index >= 15 is 0 Å². The van der Waals surface area contributed by atoms with Crippen LogP contribution >= 0.6 is 23.2 Å². The maximum atomic E-state index is 8.49. The average molecular weight is 291 g/mol. The Bertz CT molecular complexity index is 274. The van der Waals surface area contributed by atoms with Crippen LogP contribution in [-0.2, 0) is 6.54 Å². The van der Waals surface area contributed by atoms with E-state index in [2.05, 4.69) is 0 Å². The molecule has 16 heavy (non-hydrogen) atoms. The van der Waals surface area contributed by atoms with Crippen LogP contribution in [0.1, 0.15) is 0 Å². The molecule has 1 unspecified atom stereocenters. The highest BCUT2D eigenvalue weighted by Crippen LogP contribution is 1.97. The maximum absolute atomic E-state index is 8.49. The van der Waals surface area contributed by atoms with E-state index in [-0.39, 0.29) is 5.38 Å². The molecule has 1 aromatic rings. The van der Waals surface area contributed by atoms with Crippen LogP contribution in [0.25, 0.3) is 0 Å². The van der Waals surface area contributed by atoms with Gasteiger partial charge in [0, 0.05) is 18.0 Å². The fourth-order valence-corrected chi connectivity index (χ4v) is 1.09. The number of pyridine rings is 1. The molecule has 0 bridgehead atoms. The maximum Gasteiger partial charge on any atom is 0.168 e. The predicted molar refractivity (Wildman–Crippen MR) is 47.0 cm³/mol. The van der Waals surface area contributed by atoms with Gasteiger partial charge in [-0.25, -0.2) is 23.2 Å². The molecule has 5 nitrogen and oxygen atoms in total. The smallest absolute Gasteiger partial charge is 0.168 e. The topological polar surface area (TPSA) is 96.1 Å². The lowest BCUT2D eigenvalue weighted by atomic mass is 10.4. The minimum absolute atomic E-state index is 0.0177. The van der Waals surface area contributed by atoms with Crippen molar-refractivity contribution in [3.63, 3.8) is 0 Å². The largest absolute Gasteiger partial charge is 0.222 e. The summed E-state index contributed by atoms with van der Waals surface area (Å²) in [5, 5.41) is 0.0177. The van der Waals surface area contributed by atoms with E-state index in [1.807, 2.05) is 35.2 Å². The van der Waals surface area contributed by atoms with Crippen LogP contribution in [0, 0.1) is 10.2 Å². The lowest BCUT2D eigenvalue weighted by Crippen LogP contribution is -2.68. The number of alkyl halides is 2. The Morgan fingerprint density at radius 3 is 1.88 bits per heavy atom. The summed E-state index contributed by atoms with van der Waals surface area (Å²) in [4.78, 5) is 0. The fraction of sp³-hybridized carbons (Fsp3) is 0.375. The molecule has 8 heteroatoms. The highest BCUT2D eigenvalue weighted by atomic mass is 35.7. The van der Waals surface area contributed by atoms with E-state index in [1.165, 1.54) is 0 Å². The number of aromatic nitrogens is 1. The van der Waals surface area contributed by atoms with E-state index in [4.69, 9.17) is 41.8 Å². The van der Waals surface area contributed by atoms with Crippen LogP contribution in [0.2, 0.25) is 0 Å². The Kier molecular flexibility index (Phi) is 7.96. The van der Waals surface area contributed by atoms with Crippen molar-refractivity contribution in [3.8, 4) is 0 Å². The molecule has 0 N–H and O–H groups in total. The first-order chi connectivity index (χ1) is 7.33. The Morgan fingerprint density at radius 2 is 1.50 bits per heavy atom. The van der Waals surface area contributed by atoms with E-state index in [1.54, 1.807) is 0 Å². The summed E-state index contributed by atoms with van der Waals surface area (Å²) < 4.78 is 36.0. The number of rotatable bonds is 3. The van der Waals surface area contributed by atoms with Gasteiger partial charge >= 0.3 is 0 Å². The summed E-state index contributed by atoms with van der Waals surface area (Å²) in [5.41, 5.74) is 0. The van der Waals surface area contributed by atoms with Crippen LogP contribution in [0.4, 0.5) is 0 Å². The van der Waals surface area contributed by atoms with Gasteiger partial charge in [0.2, 0.25) is 0 Å². The molecule has 92 valence electrons. The van der Waals surface area contributed by atoms with Crippen LogP contribution in [0.15, 0.2) is 30.6 Å². The van der Waals surface area contributed by atoms with E-state index < -0.39 is 10.2 Å². The zero-order chi connectivity index (χ0) is 12.6. The lowest BCUT2D eigenvalue weighted by Gasteiger charge is -2.17. The van der Waals surface area contributed by atoms with Crippen molar-refractivity contribution in [2.75, 3.05) is 5.88 Å². The molecule has 1 atom stereocenters. The Hall–Kier alpha value is -0.140. The monoisotopic (exact) mass is 289 g/mol. The quantitative estimate of drug-likeness (QED) is 0.439. The van der Waals surface area contributed by atoms with E-state index in [0.29, 0.717) is 5.88 Å². The van der Waals surface area contributed by atoms with E-state index in [0.717, 1.165) is 6.54 Å². The third-order valence-corrected chi connectivity index (χ3v) is 2.18. The van der Waals surface area contributed by atoms with Gasteiger partial charge in [0.1, 0.15) is 5.38 Å². The zero-order valence-electron chi connectivity index (χ0n) is 8.09. The SMILES string of the molecule is ClCC(Cl)C[n+]1ccccc1.[O-][Cl+3]([O-])([O-])[O-]. The van der Waals surface area contributed by atoms with Crippen LogP contribution in [-0.4, -0.2) is 11.3 Å². The molecule has 0 aliphatic carbocycles. The van der Waals surface area contributed by atoms with Crippen molar-refractivity contribution in [2.24, 2.45) is 0 Å². The van der Waals surface area contributed by atoms with Gasteiger partial charge in [0.05, 0.1) is 0 Å². The number of hydrogen-bond acceptors (Lipinski definition) is 4. The third kappa shape index (κ3) is 11.9. The molecule has 0 aliphatic rings. The molecule has 0 saturated heterocycles. The zero-order valence-corrected chi connectivity index (χ0v) is 10.4. The van der Waals surface area contributed by atoms with Gasteiger partial charge in [-0.1, -0.05) is 6.07 Å². The first-order valence-corrected chi connectivity index (χ1v) is 6.29. The summed E-state index contributed by atoms with van der Waals surface area (Å²) in [7, 11) is -4.94. The van der Waals surface area contributed by atoms with Gasteiger partial charge in [-0.15, -0.1) is 33.4 Å². The second-order valence-corrected chi connectivity index (χ2v) is 4.38. The van der Waals surface area contributed by atoms with Crippen molar-refractivity contribution in [1.29, 1.82) is 0 Å². The minimum atomic E-state index is -4.94. The molecular formula is C8H10Cl3NO4. The standard InChI is InChI=1S/C8H10Cl2N.ClHO4/c9-6-8(10)7-11-4-2-1-3-5-11;2-1(3,4)5/h1-5,8H,6-7H2;(H,2,3,4,5)/q+1;/p-1. The lowest BCUT2D eigenvalue weighted by molar-refractivity contribution is -2.00. The number of nitrogens with zero attached hydrogens (tertiary/aromatic N) is 1. The van der Waals surface area contributed by atoms with E-state index in [9.17, 15) is 0 Å².